The highest BCUT2D eigenvalue weighted by atomic mass is 35.5. The van der Waals surface area contributed by atoms with E-state index in [2.05, 4.69) is 10.4 Å². The van der Waals surface area contributed by atoms with E-state index < -0.39 is 39.8 Å². The van der Waals surface area contributed by atoms with E-state index in [0.29, 0.717) is 23.6 Å². The Morgan fingerprint density at radius 1 is 1.12 bits per heavy atom. The van der Waals surface area contributed by atoms with Gasteiger partial charge in [0.1, 0.15) is 6.54 Å². The number of amides is 1. The molecular weight excluding hydrogens is 504 g/mol. The fraction of sp³-hybridized carbons (Fsp3) is 0.364. The first-order valence-corrected chi connectivity index (χ1v) is 11.7. The maximum Gasteiger partial charge on any atom is 0.417 e. The predicted molar refractivity (Wildman–Crippen MR) is 121 cm³/mol. The van der Waals surface area contributed by atoms with Gasteiger partial charge in [-0.15, -0.1) is 0 Å². The van der Waals surface area contributed by atoms with Gasteiger partial charge in [-0.05, 0) is 48.2 Å². The Kier molecular flexibility index (Phi) is 7.47. The van der Waals surface area contributed by atoms with Crippen LogP contribution in [0.2, 0.25) is 5.02 Å². The smallest absolute Gasteiger partial charge is 0.324 e. The zero-order chi connectivity index (χ0) is 25.3. The van der Waals surface area contributed by atoms with Crippen LogP contribution in [0, 0.1) is 5.41 Å². The molecule has 1 aliphatic rings. The highest BCUT2D eigenvalue weighted by Crippen LogP contribution is 2.38. The number of halogens is 7. The maximum absolute atomic E-state index is 13.1. The van der Waals surface area contributed by atoms with E-state index >= 15 is 0 Å². The Bertz CT molecular complexity index is 1090. The minimum absolute atomic E-state index is 0.192. The first kappa shape index (κ1) is 26.2. The summed E-state index contributed by atoms with van der Waals surface area (Å²) in [5.41, 5.74) is -1.24. The van der Waals surface area contributed by atoms with Gasteiger partial charge in [0.25, 0.3) is 0 Å². The molecule has 0 radical (unpaired) electrons. The van der Waals surface area contributed by atoms with Crippen LogP contribution in [0.1, 0.15) is 23.6 Å². The monoisotopic (exact) mass is 523 g/mol. The Morgan fingerprint density at radius 3 is 2.29 bits per heavy atom. The van der Waals surface area contributed by atoms with Gasteiger partial charge >= 0.3 is 12.4 Å². The zero-order valence-corrected chi connectivity index (χ0v) is 19.6. The number of carbonyl (C=O) groups is 1. The Balaban J connectivity index is 1.78. The molecule has 0 aliphatic carbocycles. The molecule has 1 unspecified atom stereocenters. The number of alkyl halides is 6. The van der Waals surface area contributed by atoms with Gasteiger partial charge in [-0.25, -0.2) is 0 Å². The van der Waals surface area contributed by atoms with Crippen LogP contribution < -0.4 is 5.32 Å². The van der Waals surface area contributed by atoms with E-state index in [4.69, 9.17) is 11.6 Å². The molecule has 1 heterocycles. The molecule has 0 aromatic heterocycles. The van der Waals surface area contributed by atoms with Crippen LogP contribution in [0.15, 0.2) is 47.6 Å². The number of hydrogen-bond donors (Lipinski definition) is 1. The van der Waals surface area contributed by atoms with Gasteiger partial charge in [-0.1, -0.05) is 24.6 Å². The van der Waals surface area contributed by atoms with Crippen molar-refractivity contribution in [3.05, 3.63) is 64.2 Å². The van der Waals surface area contributed by atoms with Crippen LogP contribution in [0.3, 0.4) is 0 Å². The van der Waals surface area contributed by atoms with Crippen LogP contribution in [0.5, 0.6) is 0 Å². The second-order valence-corrected chi connectivity index (χ2v) is 9.35. The lowest BCUT2D eigenvalue weighted by Crippen LogP contribution is -2.36. The fourth-order valence-electron chi connectivity index (χ4n) is 3.71. The Hall–Kier alpha value is -2.40. The second kappa shape index (κ2) is 9.69. The fourth-order valence-corrected chi connectivity index (χ4v) is 4.86. The molecule has 4 nitrogen and oxygen atoms in total. The van der Waals surface area contributed by atoms with Crippen molar-refractivity contribution < 1.29 is 31.1 Å². The molecular formula is C22H20ClF6N3OS. The average molecular weight is 524 g/mol. The number of anilines is 1. The number of benzene rings is 2. The third-order valence-corrected chi connectivity index (χ3v) is 6.42. The minimum atomic E-state index is -4.59. The highest BCUT2D eigenvalue weighted by molar-refractivity contribution is 7.98. The molecule has 3 rings (SSSR count). The van der Waals surface area contributed by atoms with Crippen LogP contribution in [0.4, 0.5) is 32.0 Å². The third kappa shape index (κ3) is 5.99. The highest BCUT2D eigenvalue weighted by Gasteiger charge is 2.40. The zero-order valence-electron chi connectivity index (χ0n) is 18.0. The van der Waals surface area contributed by atoms with Crippen LogP contribution in [0.25, 0.3) is 0 Å². The van der Waals surface area contributed by atoms with Gasteiger partial charge in [-0.2, -0.15) is 43.2 Å². The molecule has 2 aromatic carbocycles. The van der Waals surface area contributed by atoms with E-state index in [1.165, 1.54) is 28.9 Å². The summed E-state index contributed by atoms with van der Waals surface area (Å²) in [5, 5.41) is 8.04. The molecule has 0 saturated carbocycles. The molecule has 2 aromatic rings. The summed E-state index contributed by atoms with van der Waals surface area (Å²) in [6.07, 6.45) is -7.19. The lowest BCUT2D eigenvalue weighted by molar-refractivity contribution is -0.138. The molecule has 0 spiro atoms. The molecule has 0 saturated heterocycles. The number of nitrogens with zero attached hydrogens (tertiary/aromatic N) is 2. The van der Waals surface area contributed by atoms with Crippen LogP contribution in [-0.4, -0.2) is 41.7 Å². The standard InChI is InChI=1S/C22H20ClF6N3OS/c1-20(12-34-2)11-32(10-18(33)30-15-6-4-14(5-7-15)21(24,25)26)31-19(20)13-3-8-16(17(23)9-13)22(27,28)29/h3-9H,10-12H2,1-2H3,(H,30,33). The minimum Gasteiger partial charge on any atom is -0.324 e. The van der Waals surface area contributed by atoms with Crippen LogP contribution >= 0.6 is 23.4 Å². The van der Waals surface area contributed by atoms with Gasteiger partial charge in [0, 0.05) is 23.4 Å². The molecule has 0 fully saturated rings. The largest absolute Gasteiger partial charge is 0.417 e. The first-order valence-electron chi connectivity index (χ1n) is 9.90. The lowest BCUT2D eigenvalue weighted by atomic mass is 9.84. The summed E-state index contributed by atoms with van der Waals surface area (Å²) in [5.74, 6) is 0.0864. The summed E-state index contributed by atoms with van der Waals surface area (Å²) in [7, 11) is 0. The normalized spacial score (nSPS) is 18.7. The molecule has 0 bridgehead atoms. The number of thioether (sulfide) groups is 1. The topological polar surface area (TPSA) is 44.7 Å². The Labute approximate surface area is 201 Å². The van der Waals surface area contributed by atoms with Crippen molar-refractivity contribution in [2.24, 2.45) is 10.5 Å². The van der Waals surface area contributed by atoms with Gasteiger partial charge in [0.2, 0.25) is 5.91 Å². The van der Waals surface area contributed by atoms with Crippen molar-refractivity contribution in [3.8, 4) is 0 Å². The maximum atomic E-state index is 13.1. The second-order valence-electron chi connectivity index (χ2n) is 8.08. The number of carbonyl (C=O) groups excluding carboxylic acids is 1. The van der Waals surface area contributed by atoms with Crippen molar-refractivity contribution in [2.75, 3.05) is 30.4 Å². The van der Waals surface area contributed by atoms with E-state index in [1.807, 2.05) is 13.2 Å². The number of nitrogens with one attached hydrogen (secondary N) is 1. The molecule has 184 valence electrons. The molecule has 1 N–H and O–H groups in total. The summed E-state index contributed by atoms with van der Waals surface area (Å²) in [6.45, 7) is 2.02. The SMILES string of the molecule is CSCC1(C)CN(CC(=O)Nc2ccc(C(F)(F)F)cc2)N=C1c1ccc(C(F)(F)F)c(Cl)c1. The van der Waals surface area contributed by atoms with Gasteiger partial charge in [0.15, 0.2) is 0 Å². The van der Waals surface area contributed by atoms with Crippen molar-refractivity contribution in [1.82, 2.24) is 5.01 Å². The molecule has 1 amide bonds. The van der Waals surface area contributed by atoms with Crippen molar-refractivity contribution >= 4 is 40.7 Å². The Morgan fingerprint density at radius 2 is 1.76 bits per heavy atom. The van der Waals surface area contributed by atoms with E-state index in [9.17, 15) is 31.1 Å². The lowest BCUT2D eigenvalue weighted by Gasteiger charge is -2.26. The number of rotatable bonds is 6. The molecule has 1 aliphatic heterocycles. The van der Waals surface area contributed by atoms with Gasteiger partial charge in [0.05, 0.1) is 21.9 Å². The van der Waals surface area contributed by atoms with E-state index in [0.717, 1.165) is 30.3 Å². The number of hydrogen-bond acceptors (Lipinski definition) is 4. The average Bonchev–Trinajstić information content (AvgIpc) is 3.02. The first-order chi connectivity index (χ1) is 15.7. The van der Waals surface area contributed by atoms with Crippen molar-refractivity contribution in [2.45, 2.75) is 19.3 Å². The van der Waals surface area contributed by atoms with Crippen molar-refractivity contribution in [3.63, 3.8) is 0 Å². The van der Waals surface area contributed by atoms with E-state index in [1.54, 1.807) is 0 Å². The van der Waals surface area contributed by atoms with Crippen molar-refractivity contribution in [1.29, 1.82) is 0 Å². The van der Waals surface area contributed by atoms with E-state index in [-0.39, 0.29) is 12.2 Å². The summed E-state index contributed by atoms with van der Waals surface area (Å²) < 4.78 is 77.3. The molecule has 34 heavy (non-hydrogen) atoms. The molecule has 12 heteroatoms. The number of hydrazone groups is 1. The third-order valence-electron chi connectivity index (χ3n) is 5.18. The van der Waals surface area contributed by atoms with Crippen LogP contribution in [-0.2, 0) is 17.1 Å². The predicted octanol–water partition coefficient (Wildman–Crippen LogP) is 6.41. The molecule has 1 atom stereocenters. The summed E-state index contributed by atoms with van der Waals surface area (Å²) in [6, 6.07) is 7.46. The van der Waals surface area contributed by atoms with Gasteiger partial charge < -0.3 is 5.32 Å². The summed E-state index contributed by atoms with van der Waals surface area (Å²) >= 11 is 7.41. The summed E-state index contributed by atoms with van der Waals surface area (Å²) in [4.78, 5) is 12.5. The quantitative estimate of drug-likeness (QED) is 0.445. The van der Waals surface area contributed by atoms with Gasteiger partial charge in [-0.3, -0.25) is 9.80 Å².